The van der Waals surface area contributed by atoms with E-state index in [1.807, 2.05) is 61.5 Å². The summed E-state index contributed by atoms with van der Waals surface area (Å²) < 4.78 is 0. The Morgan fingerprint density at radius 3 is 2.32 bits per heavy atom. The average molecular weight is 296 g/mol. The van der Waals surface area contributed by atoms with E-state index in [4.69, 9.17) is 5.73 Å². The molecule has 0 aromatic heterocycles. The molecule has 4 heteroatoms. The maximum atomic E-state index is 12.1. The minimum atomic E-state index is -0.541. The van der Waals surface area contributed by atoms with Gasteiger partial charge in [0.05, 0.1) is 6.54 Å². The van der Waals surface area contributed by atoms with Crippen molar-refractivity contribution in [1.29, 1.82) is 0 Å². The molecule has 0 unspecified atom stereocenters. The van der Waals surface area contributed by atoms with E-state index >= 15 is 0 Å². The van der Waals surface area contributed by atoms with Gasteiger partial charge in [-0.3, -0.25) is 9.59 Å². The number of amides is 2. The molecule has 3 N–H and O–H groups in total. The van der Waals surface area contributed by atoms with Gasteiger partial charge in [0.15, 0.2) is 0 Å². The minimum absolute atomic E-state index is 0.0460. The zero-order chi connectivity index (χ0) is 15.9. The molecule has 0 radical (unpaired) electrons. The fourth-order valence-electron chi connectivity index (χ4n) is 2.51. The van der Waals surface area contributed by atoms with Crippen LogP contribution in [0.3, 0.4) is 0 Å². The van der Waals surface area contributed by atoms with Crippen LogP contribution in [-0.4, -0.2) is 18.4 Å². The van der Waals surface area contributed by atoms with Gasteiger partial charge in [-0.15, -0.1) is 0 Å². The van der Waals surface area contributed by atoms with Crippen LogP contribution < -0.4 is 11.1 Å². The average Bonchev–Trinajstić information content (AvgIpc) is 2.52. The lowest BCUT2D eigenvalue weighted by Gasteiger charge is -2.19. The Kier molecular flexibility index (Phi) is 5.31. The van der Waals surface area contributed by atoms with Gasteiger partial charge in [0, 0.05) is 12.3 Å². The molecule has 0 fully saturated rings. The van der Waals surface area contributed by atoms with Gasteiger partial charge < -0.3 is 11.1 Å². The second-order valence-electron chi connectivity index (χ2n) is 5.27. The maximum Gasteiger partial charge on any atom is 0.236 e. The number of carbonyl (C=O) groups is 2. The maximum absolute atomic E-state index is 12.1. The Morgan fingerprint density at radius 2 is 1.68 bits per heavy atom. The zero-order valence-electron chi connectivity index (χ0n) is 12.6. The molecule has 0 bridgehead atoms. The standard InChI is InChI=1S/C18H20N2O2/c1-13-7-5-6-10-15(13)16(14-8-3-2-4-9-14)11-18(22)20-12-17(19)21/h2-10,16H,11-12H2,1H3,(H2,19,21)(H,20,22)/t16-/m0/s1. The summed E-state index contributed by atoms with van der Waals surface area (Å²) in [7, 11) is 0. The third-order valence-electron chi connectivity index (χ3n) is 3.62. The highest BCUT2D eigenvalue weighted by molar-refractivity contribution is 5.84. The molecule has 0 aliphatic heterocycles. The molecule has 114 valence electrons. The summed E-state index contributed by atoms with van der Waals surface area (Å²) in [6.07, 6.45) is 0.280. The highest BCUT2D eigenvalue weighted by Gasteiger charge is 2.19. The first-order valence-corrected chi connectivity index (χ1v) is 7.23. The third kappa shape index (κ3) is 4.19. The molecule has 0 saturated carbocycles. The number of rotatable bonds is 6. The van der Waals surface area contributed by atoms with Crippen LogP contribution in [0, 0.1) is 6.92 Å². The molecule has 2 aromatic rings. The van der Waals surface area contributed by atoms with Crippen LogP contribution in [0.25, 0.3) is 0 Å². The van der Waals surface area contributed by atoms with Crippen LogP contribution in [-0.2, 0) is 9.59 Å². The summed E-state index contributed by atoms with van der Waals surface area (Å²) in [5.41, 5.74) is 8.39. The van der Waals surface area contributed by atoms with Gasteiger partial charge in [0.2, 0.25) is 11.8 Å². The van der Waals surface area contributed by atoms with Gasteiger partial charge in [-0.05, 0) is 23.6 Å². The normalized spacial score (nSPS) is 11.7. The van der Waals surface area contributed by atoms with Gasteiger partial charge in [-0.25, -0.2) is 0 Å². The Labute approximate surface area is 130 Å². The van der Waals surface area contributed by atoms with Crippen molar-refractivity contribution in [2.24, 2.45) is 5.73 Å². The number of benzene rings is 2. The van der Waals surface area contributed by atoms with Crippen LogP contribution in [0.5, 0.6) is 0 Å². The number of hydrogen-bond donors (Lipinski definition) is 2. The lowest BCUT2D eigenvalue weighted by atomic mass is 9.86. The first-order chi connectivity index (χ1) is 10.6. The van der Waals surface area contributed by atoms with Gasteiger partial charge in [-0.2, -0.15) is 0 Å². The Morgan fingerprint density at radius 1 is 1.05 bits per heavy atom. The number of primary amides is 1. The van der Waals surface area contributed by atoms with Crippen LogP contribution in [0.1, 0.15) is 29.0 Å². The first-order valence-electron chi connectivity index (χ1n) is 7.23. The monoisotopic (exact) mass is 296 g/mol. The fourth-order valence-corrected chi connectivity index (χ4v) is 2.51. The van der Waals surface area contributed by atoms with Crippen molar-refractivity contribution >= 4 is 11.8 Å². The molecule has 2 aromatic carbocycles. The molecule has 0 saturated heterocycles. The summed E-state index contributed by atoms with van der Waals surface area (Å²) in [6, 6.07) is 17.9. The van der Waals surface area contributed by atoms with Crippen molar-refractivity contribution in [3.8, 4) is 0 Å². The fraction of sp³-hybridized carbons (Fsp3) is 0.222. The molecule has 0 spiro atoms. The van der Waals surface area contributed by atoms with E-state index in [0.29, 0.717) is 0 Å². The van der Waals surface area contributed by atoms with Crippen molar-refractivity contribution in [3.05, 3.63) is 71.3 Å². The smallest absolute Gasteiger partial charge is 0.236 e. The van der Waals surface area contributed by atoms with E-state index in [0.717, 1.165) is 16.7 Å². The number of nitrogens with one attached hydrogen (secondary N) is 1. The minimum Gasteiger partial charge on any atom is -0.368 e. The summed E-state index contributed by atoms with van der Waals surface area (Å²) in [4.78, 5) is 22.9. The van der Waals surface area contributed by atoms with E-state index in [9.17, 15) is 9.59 Å². The molecular formula is C18H20N2O2. The quantitative estimate of drug-likeness (QED) is 0.857. The molecular weight excluding hydrogens is 276 g/mol. The number of hydrogen-bond acceptors (Lipinski definition) is 2. The van der Waals surface area contributed by atoms with Crippen molar-refractivity contribution in [2.75, 3.05) is 6.54 Å². The topological polar surface area (TPSA) is 72.2 Å². The Hall–Kier alpha value is -2.62. The third-order valence-corrected chi connectivity index (χ3v) is 3.62. The highest BCUT2D eigenvalue weighted by atomic mass is 16.2. The summed E-state index contributed by atoms with van der Waals surface area (Å²) in [6.45, 7) is 1.90. The molecule has 0 aliphatic rings. The molecule has 22 heavy (non-hydrogen) atoms. The number of nitrogens with two attached hydrogens (primary N) is 1. The van der Waals surface area contributed by atoms with Crippen LogP contribution >= 0.6 is 0 Å². The predicted octanol–water partition coefficient (Wildman–Crippen LogP) is 2.12. The molecule has 0 aliphatic carbocycles. The zero-order valence-corrected chi connectivity index (χ0v) is 12.6. The number of aryl methyl sites for hydroxylation is 1. The molecule has 4 nitrogen and oxygen atoms in total. The van der Waals surface area contributed by atoms with E-state index in [2.05, 4.69) is 5.32 Å². The first kappa shape index (κ1) is 15.8. The second kappa shape index (κ2) is 7.41. The van der Waals surface area contributed by atoms with Crippen molar-refractivity contribution in [1.82, 2.24) is 5.32 Å². The van der Waals surface area contributed by atoms with E-state index in [1.54, 1.807) is 0 Å². The predicted molar refractivity (Wildman–Crippen MR) is 86.3 cm³/mol. The van der Waals surface area contributed by atoms with Crippen LogP contribution in [0.4, 0.5) is 0 Å². The van der Waals surface area contributed by atoms with Gasteiger partial charge in [0.1, 0.15) is 0 Å². The van der Waals surface area contributed by atoms with Gasteiger partial charge in [-0.1, -0.05) is 54.6 Å². The van der Waals surface area contributed by atoms with Gasteiger partial charge in [0.25, 0.3) is 0 Å². The Balaban J connectivity index is 2.25. The van der Waals surface area contributed by atoms with Crippen LogP contribution in [0.15, 0.2) is 54.6 Å². The highest BCUT2D eigenvalue weighted by Crippen LogP contribution is 2.30. The van der Waals surface area contributed by atoms with Crippen molar-refractivity contribution in [3.63, 3.8) is 0 Å². The Bertz CT molecular complexity index is 653. The molecule has 1 atom stereocenters. The van der Waals surface area contributed by atoms with Crippen LogP contribution in [0.2, 0.25) is 0 Å². The molecule has 2 rings (SSSR count). The summed E-state index contributed by atoms with van der Waals surface area (Å²) >= 11 is 0. The van der Waals surface area contributed by atoms with Gasteiger partial charge >= 0.3 is 0 Å². The van der Waals surface area contributed by atoms with E-state index in [1.165, 1.54) is 0 Å². The summed E-state index contributed by atoms with van der Waals surface area (Å²) in [5.74, 6) is -0.772. The van der Waals surface area contributed by atoms with Crippen molar-refractivity contribution in [2.45, 2.75) is 19.3 Å². The lowest BCUT2D eigenvalue weighted by molar-refractivity contribution is -0.124. The largest absolute Gasteiger partial charge is 0.368 e. The van der Waals surface area contributed by atoms with Crippen molar-refractivity contribution < 1.29 is 9.59 Å². The van der Waals surface area contributed by atoms with E-state index < -0.39 is 5.91 Å². The SMILES string of the molecule is Cc1ccccc1[C@@H](CC(=O)NCC(N)=O)c1ccccc1. The molecule has 2 amide bonds. The van der Waals surface area contributed by atoms with E-state index in [-0.39, 0.29) is 24.8 Å². The number of carbonyl (C=O) groups excluding carboxylic acids is 2. The summed E-state index contributed by atoms with van der Waals surface area (Å²) in [5, 5.41) is 2.56. The lowest BCUT2D eigenvalue weighted by Crippen LogP contribution is -2.34. The molecule has 0 heterocycles. The second-order valence-corrected chi connectivity index (χ2v) is 5.27.